The molecule has 4 rings (SSSR count). The number of carbonyl (C=O) groups excluding carboxylic acids is 1. The largest absolute Gasteiger partial charge is 0.497 e. The number of aromatic nitrogens is 4. The summed E-state index contributed by atoms with van der Waals surface area (Å²) < 4.78 is 10.5. The van der Waals surface area contributed by atoms with Crippen LogP contribution in [0.3, 0.4) is 0 Å². The van der Waals surface area contributed by atoms with Gasteiger partial charge in [-0.1, -0.05) is 23.9 Å². The van der Waals surface area contributed by atoms with Crippen molar-refractivity contribution in [3.05, 3.63) is 66.2 Å². The molecule has 0 fully saturated rings. The third-order valence-electron chi connectivity index (χ3n) is 4.43. The van der Waals surface area contributed by atoms with E-state index >= 15 is 0 Å². The van der Waals surface area contributed by atoms with Crippen molar-refractivity contribution in [2.75, 3.05) is 19.5 Å². The summed E-state index contributed by atoms with van der Waals surface area (Å²) in [6, 6.07) is 12.7. The van der Waals surface area contributed by atoms with Crippen molar-refractivity contribution in [2.24, 2.45) is 0 Å². The van der Waals surface area contributed by atoms with Gasteiger partial charge in [-0.05, 0) is 29.8 Å². The monoisotopic (exact) mass is 457 g/mol. The van der Waals surface area contributed by atoms with Crippen LogP contribution in [0.1, 0.15) is 15.9 Å². The van der Waals surface area contributed by atoms with E-state index in [1.54, 1.807) is 62.6 Å². The average molecular weight is 458 g/mol. The van der Waals surface area contributed by atoms with Crippen LogP contribution in [0.2, 0.25) is 0 Å². The zero-order valence-corrected chi connectivity index (χ0v) is 18.4. The second-order valence-electron chi connectivity index (χ2n) is 6.29. The highest BCUT2D eigenvalue weighted by atomic mass is 35.5. The predicted octanol–water partition coefficient (Wildman–Crippen LogP) is 4.34. The number of benzene rings is 2. The standard InChI is InChI=1S/C21H19N5O3S.ClH/c1-28-15-7-8-17(29-2)16(9-15)26-20(27)14-5-3-13(4-6-14)10-30-21-18-19(23-11-22-18)24-12-25-21;/h3-9,11-12H,10H2,1-2H3,(H,26,27)(H,22,23,24,25);1H. The van der Waals surface area contributed by atoms with Crippen LogP contribution < -0.4 is 14.8 Å². The van der Waals surface area contributed by atoms with Gasteiger partial charge in [0.25, 0.3) is 5.91 Å². The van der Waals surface area contributed by atoms with Crippen LogP contribution in [0.15, 0.2) is 60.1 Å². The Balaban J connectivity index is 0.00000272. The van der Waals surface area contributed by atoms with Gasteiger partial charge in [0.1, 0.15) is 28.4 Å². The summed E-state index contributed by atoms with van der Waals surface area (Å²) in [7, 11) is 3.13. The lowest BCUT2D eigenvalue weighted by Crippen LogP contribution is -2.12. The first-order chi connectivity index (χ1) is 14.7. The Labute approximate surface area is 189 Å². The maximum absolute atomic E-state index is 12.6. The summed E-state index contributed by atoms with van der Waals surface area (Å²) in [5, 5.41) is 3.71. The number of rotatable bonds is 7. The number of imidazole rings is 1. The van der Waals surface area contributed by atoms with Crippen LogP contribution in [-0.4, -0.2) is 40.1 Å². The highest BCUT2D eigenvalue weighted by Gasteiger charge is 2.12. The fraction of sp³-hybridized carbons (Fsp3) is 0.143. The van der Waals surface area contributed by atoms with Crippen molar-refractivity contribution in [3.63, 3.8) is 0 Å². The number of ether oxygens (including phenoxy) is 2. The molecule has 2 aromatic heterocycles. The maximum atomic E-state index is 12.6. The average Bonchev–Trinajstić information content (AvgIpc) is 3.27. The lowest BCUT2D eigenvalue weighted by atomic mass is 10.1. The second-order valence-corrected chi connectivity index (χ2v) is 7.25. The van der Waals surface area contributed by atoms with E-state index in [1.165, 1.54) is 6.33 Å². The predicted molar refractivity (Wildman–Crippen MR) is 122 cm³/mol. The number of methoxy groups -OCH3 is 2. The molecule has 0 aliphatic carbocycles. The number of H-pyrrole nitrogens is 1. The molecule has 2 heterocycles. The minimum Gasteiger partial charge on any atom is -0.497 e. The Morgan fingerprint density at radius 2 is 1.87 bits per heavy atom. The number of hydrogen-bond donors (Lipinski definition) is 2. The number of anilines is 1. The smallest absolute Gasteiger partial charge is 0.255 e. The molecule has 31 heavy (non-hydrogen) atoms. The van der Waals surface area contributed by atoms with E-state index in [2.05, 4.69) is 25.3 Å². The number of fused-ring (bicyclic) bond motifs is 1. The molecular weight excluding hydrogens is 438 g/mol. The maximum Gasteiger partial charge on any atom is 0.255 e. The zero-order valence-electron chi connectivity index (χ0n) is 16.8. The number of thioether (sulfide) groups is 1. The molecule has 4 aromatic rings. The van der Waals surface area contributed by atoms with Gasteiger partial charge in [-0.15, -0.1) is 12.4 Å². The third kappa shape index (κ3) is 5.07. The minimum atomic E-state index is -0.226. The van der Waals surface area contributed by atoms with Crippen molar-refractivity contribution in [1.29, 1.82) is 0 Å². The molecule has 0 aliphatic heterocycles. The fourth-order valence-electron chi connectivity index (χ4n) is 2.86. The lowest BCUT2D eigenvalue weighted by Gasteiger charge is -2.12. The Morgan fingerprint density at radius 1 is 1.06 bits per heavy atom. The molecule has 2 aromatic carbocycles. The van der Waals surface area contributed by atoms with Gasteiger partial charge in [-0.2, -0.15) is 0 Å². The van der Waals surface area contributed by atoms with Crippen molar-refractivity contribution in [1.82, 2.24) is 19.9 Å². The Morgan fingerprint density at radius 3 is 2.61 bits per heavy atom. The number of nitrogens with one attached hydrogen (secondary N) is 2. The molecule has 0 aliphatic rings. The molecule has 0 bridgehead atoms. The zero-order chi connectivity index (χ0) is 20.9. The first kappa shape index (κ1) is 22.4. The van der Waals surface area contributed by atoms with Crippen molar-refractivity contribution in [2.45, 2.75) is 10.8 Å². The Hall–Kier alpha value is -3.30. The highest BCUT2D eigenvalue weighted by molar-refractivity contribution is 7.98. The number of amides is 1. The van der Waals surface area contributed by atoms with E-state index in [4.69, 9.17) is 9.47 Å². The molecule has 10 heteroatoms. The van der Waals surface area contributed by atoms with E-state index in [-0.39, 0.29) is 18.3 Å². The van der Waals surface area contributed by atoms with Gasteiger partial charge in [0.15, 0.2) is 5.65 Å². The molecular formula is C21H20ClN5O3S. The van der Waals surface area contributed by atoms with Gasteiger partial charge < -0.3 is 19.8 Å². The van der Waals surface area contributed by atoms with Crippen LogP contribution in [0.4, 0.5) is 5.69 Å². The molecule has 1 amide bonds. The summed E-state index contributed by atoms with van der Waals surface area (Å²) in [6.45, 7) is 0. The summed E-state index contributed by atoms with van der Waals surface area (Å²) in [4.78, 5) is 28.3. The molecule has 0 radical (unpaired) electrons. The Kier molecular flexibility index (Phi) is 7.32. The minimum absolute atomic E-state index is 0. The molecule has 0 spiro atoms. The van der Waals surface area contributed by atoms with Gasteiger partial charge >= 0.3 is 0 Å². The van der Waals surface area contributed by atoms with E-state index in [1.807, 2.05) is 12.1 Å². The van der Waals surface area contributed by atoms with Crippen molar-refractivity contribution < 1.29 is 14.3 Å². The summed E-state index contributed by atoms with van der Waals surface area (Å²) in [5.41, 5.74) is 3.64. The van der Waals surface area contributed by atoms with Gasteiger partial charge in [0, 0.05) is 17.4 Å². The number of nitrogens with zero attached hydrogens (tertiary/aromatic N) is 3. The lowest BCUT2D eigenvalue weighted by molar-refractivity contribution is 0.102. The molecule has 160 valence electrons. The highest BCUT2D eigenvalue weighted by Crippen LogP contribution is 2.29. The first-order valence-corrected chi connectivity index (χ1v) is 10.1. The van der Waals surface area contributed by atoms with Crippen LogP contribution in [-0.2, 0) is 5.75 Å². The van der Waals surface area contributed by atoms with Gasteiger partial charge in [0.05, 0.1) is 26.2 Å². The third-order valence-corrected chi connectivity index (χ3v) is 5.50. The van der Waals surface area contributed by atoms with E-state index in [9.17, 15) is 4.79 Å². The Bertz CT molecular complexity index is 1180. The number of carbonyl (C=O) groups is 1. The quantitative estimate of drug-likeness (QED) is 0.314. The SMILES string of the molecule is COc1ccc(OC)c(NC(=O)c2ccc(CSc3ncnc4nc[nH]c34)cc2)c1.Cl. The van der Waals surface area contributed by atoms with E-state index < -0.39 is 0 Å². The molecule has 0 saturated heterocycles. The topological polar surface area (TPSA) is 102 Å². The fourth-order valence-corrected chi connectivity index (χ4v) is 3.77. The first-order valence-electron chi connectivity index (χ1n) is 9.07. The second kappa shape index (κ2) is 10.1. The van der Waals surface area contributed by atoms with Gasteiger partial charge in [0.2, 0.25) is 0 Å². The van der Waals surface area contributed by atoms with Gasteiger partial charge in [-0.25, -0.2) is 15.0 Å². The summed E-state index contributed by atoms with van der Waals surface area (Å²) in [5.74, 6) is 1.67. The molecule has 8 nitrogen and oxygen atoms in total. The van der Waals surface area contributed by atoms with Crippen molar-refractivity contribution >= 4 is 46.9 Å². The summed E-state index contributed by atoms with van der Waals surface area (Å²) in [6.07, 6.45) is 3.11. The van der Waals surface area contributed by atoms with Crippen molar-refractivity contribution in [3.8, 4) is 11.5 Å². The number of halogens is 1. The number of hydrogen-bond acceptors (Lipinski definition) is 7. The molecule has 0 unspecified atom stereocenters. The summed E-state index contributed by atoms with van der Waals surface area (Å²) >= 11 is 1.58. The molecule has 0 saturated carbocycles. The van der Waals surface area contributed by atoms with E-state index in [0.717, 1.165) is 16.1 Å². The molecule has 2 N–H and O–H groups in total. The number of aromatic amines is 1. The molecule has 0 atom stereocenters. The normalized spacial score (nSPS) is 10.4. The van der Waals surface area contributed by atoms with Crippen LogP contribution in [0.5, 0.6) is 11.5 Å². The van der Waals surface area contributed by atoms with Gasteiger partial charge in [-0.3, -0.25) is 4.79 Å². The van der Waals surface area contributed by atoms with E-state index in [0.29, 0.717) is 34.1 Å². The van der Waals surface area contributed by atoms with Crippen LogP contribution >= 0.6 is 24.2 Å². The van der Waals surface area contributed by atoms with Crippen LogP contribution in [0, 0.1) is 0 Å². The van der Waals surface area contributed by atoms with Crippen LogP contribution in [0.25, 0.3) is 11.2 Å².